The lowest BCUT2D eigenvalue weighted by atomic mass is 10.00. The van der Waals surface area contributed by atoms with Crippen molar-refractivity contribution in [3.05, 3.63) is 114 Å². The molecule has 0 unspecified atom stereocenters. The molecule has 1 aliphatic heterocycles. The van der Waals surface area contributed by atoms with Crippen molar-refractivity contribution in [1.29, 1.82) is 0 Å². The van der Waals surface area contributed by atoms with Gasteiger partial charge in [0, 0.05) is 70.4 Å². The van der Waals surface area contributed by atoms with Gasteiger partial charge >= 0.3 is 0 Å². The Morgan fingerprint density at radius 3 is 2.10 bits per heavy atom. The van der Waals surface area contributed by atoms with Crippen LogP contribution in [-0.2, 0) is 24.2 Å². The number of carbonyl (C=O) groups is 1. The standard InChI is InChI=1S/C32H30N6O/c39-29(18-25-3-1-11-33-20-25)17-24-5-7-27(8-6-24)28-9-10-30-31(19-28)36-32(22-35-30)38-15-13-37(14-16-38)23-26-4-2-12-34-21-26/h1-12,19-22H,13-18,23H2. The van der Waals surface area contributed by atoms with Gasteiger partial charge < -0.3 is 4.90 Å². The first-order valence-corrected chi connectivity index (χ1v) is 13.3. The summed E-state index contributed by atoms with van der Waals surface area (Å²) in [6.45, 7) is 4.71. The molecule has 194 valence electrons. The van der Waals surface area contributed by atoms with Crippen LogP contribution in [0.25, 0.3) is 22.2 Å². The monoisotopic (exact) mass is 514 g/mol. The van der Waals surface area contributed by atoms with E-state index in [1.165, 1.54) is 5.56 Å². The molecule has 0 atom stereocenters. The van der Waals surface area contributed by atoms with Gasteiger partial charge in [0.25, 0.3) is 0 Å². The van der Waals surface area contributed by atoms with E-state index in [4.69, 9.17) is 9.97 Å². The minimum atomic E-state index is 0.183. The number of rotatable bonds is 8. The normalized spacial score (nSPS) is 14.0. The Hall–Kier alpha value is -4.49. The van der Waals surface area contributed by atoms with Crippen molar-refractivity contribution in [3.8, 4) is 11.1 Å². The van der Waals surface area contributed by atoms with Gasteiger partial charge in [-0.05, 0) is 52.1 Å². The van der Waals surface area contributed by atoms with Gasteiger partial charge in [-0.2, -0.15) is 0 Å². The fourth-order valence-electron chi connectivity index (χ4n) is 5.05. The third kappa shape index (κ3) is 6.16. The molecule has 0 bridgehead atoms. The Morgan fingerprint density at radius 1 is 0.692 bits per heavy atom. The smallest absolute Gasteiger partial charge is 0.147 e. The molecule has 6 rings (SSSR count). The molecular formula is C32H30N6O. The highest BCUT2D eigenvalue weighted by Gasteiger charge is 2.19. The molecule has 1 aliphatic rings. The fourth-order valence-corrected chi connectivity index (χ4v) is 5.05. The number of ketones is 1. The first-order chi connectivity index (χ1) is 19.2. The van der Waals surface area contributed by atoms with Gasteiger partial charge in [0.05, 0.1) is 17.2 Å². The average molecular weight is 515 g/mol. The van der Waals surface area contributed by atoms with Crippen LogP contribution in [0.3, 0.4) is 0 Å². The summed E-state index contributed by atoms with van der Waals surface area (Å²) in [6.07, 6.45) is 9.93. The van der Waals surface area contributed by atoms with E-state index in [2.05, 4.69) is 50.1 Å². The third-order valence-corrected chi connectivity index (χ3v) is 7.17. The molecule has 39 heavy (non-hydrogen) atoms. The number of hydrogen-bond acceptors (Lipinski definition) is 7. The van der Waals surface area contributed by atoms with Crippen LogP contribution < -0.4 is 4.90 Å². The zero-order valence-electron chi connectivity index (χ0n) is 21.8. The maximum absolute atomic E-state index is 12.5. The highest BCUT2D eigenvalue weighted by molar-refractivity contribution is 5.84. The number of benzene rings is 2. The first-order valence-electron chi connectivity index (χ1n) is 13.3. The molecule has 2 aromatic carbocycles. The predicted molar refractivity (Wildman–Crippen MR) is 153 cm³/mol. The molecule has 0 saturated carbocycles. The van der Waals surface area contributed by atoms with E-state index in [0.717, 1.165) is 71.8 Å². The van der Waals surface area contributed by atoms with Gasteiger partial charge in [0.2, 0.25) is 0 Å². The van der Waals surface area contributed by atoms with Crippen LogP contribution in [0.15, 0.2) is 97.7 Å². The van der Waals surface area contributed by atoms with E-state index in [1.54, 1.807) is 12.4 Å². The van der Waals surface area contributed by atoms with Crippen molar-refractivity contribution in [2.75, 3.05) is 31.1 Å². The molecule has 1 saturated heterocycles. The van der Waals surface area contributed by atoms with Crippen LogP contribution in [0, 0.1) is 0 Å². The number of nitrogens with zero attached hydrogens (tertiary/aromatic N) is 6. The summed E-state index contributed by atoms with van der Waals surface area (Å²) < 4.78 is 0. The molecule has 4 heterocycles. The number of piperazine rings is 1. The SMILES string of the molecule is O=C(Cc1ccc(-c2ccc3ncc(N4CCN(Cc5cccnc5)CC4)nc3c2)cc1)Cc1cccnc1. The average Bonchev–Trinajstić information content (AvgIpc) is 2.98. The number of hydrogen-bond donors (Lipinski definition) is 0. The van der Waals surface area contributed by atoms with E-state index in [1.807, 2.05) is 55.0 Å². The maximum Gasteiger partial charge on any atom is 0.147 e. The molecule has 0 radical (unpaired) electrons. The Kier molecular flexibility index (Phi) is 7.32. The van der Waals surface area contributed by atoms with E-state index in [0.29, 0.717) is 12.8 Å². The van der Waals surface area contributed by atoms with Gasteiger partial charge in [-0.25, -0.2) is 4.98 Å². The number of pyridine rings is 2. The van der Waals surface area contributed by atoms with Crippen LogP contribution in [0.5, 0.6) is 0 Å². The number of aromatic nitrogens is 4. The topological polar surface area (TPSA) is 75.1 Å². The van der Waals surface area contributed by atoms with Crippen LogP contribution >= 0.6 is 0 Å². The summed E-state index contributed by atoms with van der Waals surface area (Å²) in [7, 11) is 0. The zero-order chi connectivity index (χ0) is 26.4. The minimum Gasteiger partial charge on any atom is -0.353 e. The molecule has 1 fully saturated rings. The number of anilines is 1. The minimum absolute atomic E-state index is 0.183. The molecule has 5 aromatic rings. The largest absolute Gasteiger partial charge is 0.353 e. The number of carbonyl (C=O) groups excluding carboxylic acids is 1. The zero-order valence-corrected chi connectivity index (χ0v) is 21.8. The van der Waals surface area contributed by atoms with Gasteiger partial charge in [0.15, 0.2) is 0 Å². The third-order valence-electron chi connectivity index (χ3n) is 7.17. The predicted octanol–water partition coefficient (Wildman–Crippen LogP) is 4.76. The Morgan fingerprint density at radius 2 is 1.38 bits per heavy atom. The van der Waals surface area contributed by atoms with Crippen molar-refractivity contribution in [2.45, 2.75) is 19.4 Å². The molecule has 0 N–H and O–H groups in total. The first kappa shape index (κ1) is 24.8. The van der Waals surface area contributed by atoms with E-state index < -0.39 is 0 Å². The molecule has 7 heteroatoms. The fraction of sp³-hybridized carbons (Fsp3) is 0.219. The van der Waals surface area contributed by atoms with Crippen LogP contribution in [0.2, 0.25) is 0 Å². The van der Waals surface area contributed by atoms with Crippen LogP contribution in [0.1, 0.15) is 16.7 Å². The Balaban J connectivity index is 1.11. The molecule has 0 amide bonds. The van der Waals surface area contributed by atoms with Crippen molar-refractivity contribution in [2.24, 2.45) is 0 Å². The molecular weight excluding hydrogens is 484 g/mol. The summed E-state index contributed by atoms with van der Waals surface area (Å²) in [5.41, 5.74) is 7.16. The van der Waals surface area contributed by atoms with Gasteiger partial charge in [0.1, 0.15) is 11.6 Å². The van der Waals surface area contributed by atoms with Crippen LogP contribution in [-0.4, -0.2) is 56.8 Å². The van der Waals surface area contributed by atoms with E-state index in [-0.39, 0.29) is 5.78 Å². The number of fused-ring (bicyclic) bond motifs is 1. The summed E-state index contributed by atoms with van der Waals surface area (Å²) in [6, 6.07) is 22.3. The van der Waals surface area contributed by atoms with Crippen LogP contribution in [0.4, 0.5) is 5.82 Å². The molecule has 7 nitrogen and oxygen atoms in total. The second kappa shape index (κ2) is 11.5. The second-order valence-electron chi connectivity index (χ2n) is 10.0. The van der Waals surface area contributed by atoms with Crippen molar-refractivity contribution < 1.29 is 4.79 Å². The molecule has 0 aliphatic carbocycles. The van der Waals surface area contributed by atoms with Crippen molar-refractivity contribution in [3.63, 3.8) is 0 Å². The lowest BCUT2D eigenvalue weighted by Crippen LogP contribution is -2.46. The van der Waals surface area contributed by atoms with E-state index in [9.17, 15) is 4.79 Å². The summed E-state index contributed by atoms with van der Waals surface area (Å²) in [4.78, 5) is 35.3. The highest BCUT2D eigenvalue weighted by Crippen LogP contribution is 2.25. The lowest BCUT2D eigenvalue weighted by molar-refractivity contribution is -0.117. The Labute approximate surface area is 228 Å². The van der Waals surface area contributed by atoms with Crippen molar-refractivity contribution >= 4 is 22.6 Å². The molecule has 3 aromatic heterocycles. The quantitative estimate of drug-likeness (QED) is 0.295. The van der Waals surface area contributed by atoms with Crippen molar-refractivity contribution in [1.82, 2.24) is 24.8 Å². The highest BCUT2D eigenvalue weighted by atomic mass is 16.1. The van der Waals surface area contributed by atoms with E-state index >= 15 is 0 Å². The Bertz CT molecular complexity index is 1550. The molecule has 0 spiro atoms. The summed E-state index contributed by atoms with van der Waals surface area (Å²) in [5.74, 6) is 1.10. The maximum atomic E-state index is 12.5. The van der Waals surface area contributed by atoms with Gasteiger partial charge in [-0.1, -0.05) is 42.5 Å². The summed E-state index contributed by atoms with van der Waals surface area (Å²) in [5, 5.41) is 0. The number of Topliss-reactive ketones (excluding diaryl/α,β-unsaturated/α-hetero) is 1. The lowest BCUT2D eigenvalue weighted by Gasteiger charge is -2.35. The van der Waals surface area contributed by atoms with Gasteiger partial charge in [-0.15, -0.1) is 0 Å². The summed E-state index contributed by atoms with van der Waals surface area (Å²) >= 11 is 0. The second-order valence-corrected chi connectivity index (χ2v) is 10.0. The van der Waals surface area contributed by atoms with Gasteiger partial charge in [-0.3, -0.25) is 24.6 Å².